The molecule has 1 saturated heterocycles. The molecule has 1 N–H and O–H groups in total. The van der Waals surface area contributed by atoms with Crippen molar-refractivity contribution < 1.29 is 4.79 Å². The van der Waals surface area contributed by atoms with E-state index in [9.17, 15) is 4.79 Å². The first kappa shape index (κ1) is 15.1. The lowest BCUT2D eigenvalue weighted by Gasteiger charge is -2.17. The minimum absolute atomic E-state index is 0.00495. The van der Waals surface area contributed by atoms with Crippen molar-refractivity contribution in [2.45, 2.75) is 19.4 Å². The van der Waals surface area contributed by atoms with E-state index in [-0.39, 0.29) is 11.9 Å². The molecule has 114 valence electrons. The zero-order valence-corrected chi connectivity index (χ0v) is 13.4. The standard InChI is InChI=1S/C15H14Cl2N4O/c1-9-18-13(17)8-14(19-9)20-12-5-6-21(15(12)22)11-4-2-3-10(16)7-11/h2-4,7-8,12H,5-6H2,1H3,(H,18,19,20). The molecule has 5 nitrogen and oxygen atoms in total. The van der Waals surface area contributed by atoms with Crippen LogP contribution >= 0.6 is 23.2 Å². The van der Waals surface area contributed by atoms with E-state index in [4.69, 9.17) is 23.2 Å². The Balaban J connectivity index is 1.76. The van der Waals surface area contributed by atoms with Gasteiger partial charge in [0.1, 0.15) is 22.8 Å². The number of benzene rings is 1. The smallest absolute Gasteiger partial charge is 0.249 e. The lowest BCUT2D eigenvalue weighted by molar-refractivity contribution is -0.117. The van der Waals surface area contributed by atoms with Crippen LogP contribution in [0, 0.1) is 6.92 Å². The number of anilines is 2. The van der Waals surface area contributed by atoms with Gasteiger partial charge in [-0.15, -0.1) is 0 Å². The van der Waals surface area contributed by atoms with Gasteiger partial charge in [-0.2, -0.15) is 0 Å². The molecule has 1 fully saturated rings. The van der Waals surface area contributed by atoms with E-state index in [2.05, 4.69) is 15.3 Å². The topological polar surface area (TPSA) is 58.1 Å². The lowest BCUT2D eigenvalue weighted by Crippen LogP contribution is -2.33. The Bertz CT molecular complexity index is 702. The van der Waals surface area contributed by atoms with Gasteiger partial charge in [0.2, 0.25) is 5.91 Å². The van der Waals surface area contributed by atoms with Crippen LogP contribution in [0.2, 0.25) is 10.2 Å². The van der Waals surface area contributed by atoms with Crippen LogP contribution in [0.3, 0.4) is 0 Å². The molecule has 0 saturated carbocycles. The Labute approximate surface area is 138 Å². The highest BCUT2D eigenvalue weighted by Crippen LogP contribution is 2.26. The zero-order valence-electron chi connectivity index (χ0n) is 11.9. The Kier molecular flexibility index (Phi) is 4.18. The van der Waals surface area contributed by atoms with Crippen LogP contribution in [0.15, 0.2) is 30.3 Å². The molecule has 1 aromatic carbocycles. The Hall–Kier alpha value is -1.85. The molecule has 1 atom stereocenters. The fraction of sp³-hybridized carbons (Fsp3) is 0.267. The zero-order chi connectivity index (χ0) is 15.7. The molecule has 0 bridgehead atoms. The highest BCUT2D eigenvalue weighted by Gasteiger charge is 2.32. The molecular formula is C15H14Cl2N4O. The van der Waals surface area contributed by atoms with Gasteiger partial charge in [0.15, 0.2) is 0 Å². The number of nitrogens with zero attached hydrogens (tertiary/aromatic N) is 3. The SMILES string of the molecule is Cc1nc(Cl)cc(NC2CCN(c3cccc(Cl)c3)C2=O)n1. The van der Waals surface area contributed by atoms with Crippen molar-refractivity contribution in [2.24, 2.45) is 0 Å². The van der Waals surface area contributed by atoms with E-state index in [0.29, 0.717) is 34.8 Å². The largest absolute Gasteiger partial charge is 0.358 e. The highest BCUT2D eigenvalue weighted by atomic mass is 35.5. The third-order valence-corrected chi connectivity index (χ3v) is 3.88. The minimum atomic E-state index is -0.329. The summed E-state index contributed by atoms with van der Waals surface area (Å²) in [5.74, 6) is 1.12. The van der Waals surface area contributed by atoms with Crippen LogP contribution in [0.25, 0.3) is 0 Å². The van der Waals surface area contributed by atoms with Crippen molar-refractivity contribution in [1.82, 2.24) is 9.97 Å². The van der Waals surface area contributed by atoms with E-state index in [1.807, 2.05) is 12.1 Å². The van der Waals surface area contributed by atoms with Gasteiger partial charge in [0, 0.05) is 23.3 Å². The average molecular weight is 337 g/mol. The maximum atomic E-state index is 12.5. The summed E-state index contributed by atoms with van der Waals surface area (Å²) in [5.41, 5.74) is 0.804. The number of carbonyl (C=O) groups excluding carboxylic acids is 1. The van der Waals surface area contributed by atoms with Crippen LogP contribution in [0.5, 0.6) is 0 Å². The number of hydrogen-bond donors (Lipinski definition) is 1. The quantitative estimate of drug-likeness (QED) is 0.873. The number of halogens is 2. The second kappa shape index (κ2) is 6.10. The van der Waals surface area contributed by atoms with E-state index in [1.165, 1.54) is 0 Å². The predicted molar refractivity (Wildman–Crippen MR) is 87.6 cm³/mol. The molecule has 0 spiro atoms. The number of aryl methyl sites for hydroxylation is 1. The van der Waals surface area contributed by atoms with Crippen LogP contribution < -0.4 is 10.2 Å². The first-order valence-corrected chi connectivity index (χ1v) is 7.63. The molecule has 0 aliphatic carbocycles. The summed E-state index contributed by atoms with van der Waals surface area (Å²) >= 11 is 11.9. The van der Waals surface area contributed by atoms with Gasteiger partial charge in [-0.1, -0.05) is 29.3 Å². The molecule has 0 radical (unpaired) electrons. The molecule has 1 aliphatic rings. The molecule has 1 aliphatic heterocycles. The van der Waals surface area contributed by atoms with Crippen LogP contribution in [0.1, 0.15) is 12.2 Å². The number of hydrogen-bond acceptors (Lipinski definition) is 4. The predicted octanol–water partition coefficient (Wildman–Crippen LogP) is 3.31. The van der Waals surface area contributed by atoms with Gasteiger partial charge >= 0.3 is 0 Å². The Morgan fingerprint density at radius 2 is 2.09 bits per heavy atom. The van der Waals surface area contributed by atoms with Gasteiger partial charge < -0.3 is 10.2 Å². The molecule has 1 aromatic heterocycles. The normalized spacial score (nSPS) is 17.9. The Morgan fingerprint density at radius 3 is 2.82 bits per heavy atom. The maximum Gasteiger partial charge on any atom is 0.249 e. The van der Waals surface area contributed by atoms with Gasteiger partial charge in [0.25, 0.3) is 0 Å². The van der Waals surface area contributed by atoms with Gasteiger partial charge in [-0.05, 0) is 31.5 Å². The fourth-order valence-corrected chi connectivity index (χ4v) is 2.91. The number of rotatable bonds is 3. The number of amides is 1. The highest BCUT2D eigenvalue weighted by molar-refractivity contribution is 6.31. The van der Waals surface area contributed by atoms with Crippen molar-refractivity contribution in [1.29, 1.82) is 0 Å². The van der Waals surface area contributed by atoms with Crippen molar-refractivity contribution >= 4 is 40.6 Å². The average Bonchev–Trinajstić information content (AvgIpc) is 2.79. The van der Waals surface area contributed by atoms with Gasteiger partial charge in [-0.25, -0.2) is 9.97 Å². The van der Waals surface area contributed by atoms with E-state index in [0.717, 1.165) is 5.69 Å². The van der Waals surface area contributed by atoms with E-state index < -0.39 is 0 Å². The molecular weight excluding hydrogens is 323 g/mol. The van der Waals surface area contributed by atoms with Crippen molar-refractivity contribution in [3.05, 3.63) is 46.3 Å². The minimum Gasteiger partial charge on any atom is -0.358 e. The summed E-state index contributed by atoms with van der Waals surface area (Å²) < 4.78 is 0. The first-order chi connectivity index (χ1) is 10.5. The summed E-state index contributed by atoms with van der Waals surface area (Å²) in [6.45, 7) is 2.39. The number of aromatic nitrogens is 2. The summed E-state index contributed by atoms with van der Waals surface area (Å²) in [5, 5.41) is 4.09. The molecule has 1 amide bonds. The monoisotopic (exact) mass is 336 g/mol. The Morgan fingerprint density at radius 1 is 1.27 bits per heavy atom. The number of carbonyl (C=O) groups is 1. The van der Waals surface area contributed by atoms with Crippen LogP contribution in [-0.4, -0.2) is 28.5 Å². The molecule has 2 heterocycles. The first-order valence-electron chi connectivity index (χ1n) is 6.87. The molecule has 3 rings (SSSR count). The third-order valence-electron chi connectivity index (χ3n) is 3.45. The summed E-state index contributed by atoms with van der Waals surface area (Å²) in [7, 11) is 0. The van der Waals surface area contributed by atoms with E-state index >= 15 is 0 Å². The van der Waals surface area contributed by atoms with Gasteiger partial charge in [0.05, 0.1) is 0 Å². The summed E-state index contributed by atoms with van der Waals surface area (Å²) in [6, 6.07) is 8.56. The van der Waals surface area contributed by atoms with Crippen LogP contribution in [-0.2, 0) is 4.79 Å². The van der Waals surface area contributed by atoms with E-state index in [1.54, 1.807) is 30.0 Å². The molecule has 2 aromatic rings. The van der Waals surface area contributed by atoms with Crippen molar-refractivity contribution in [3.8, 4) is 0 Å². The van der Waals surface area contributed by atoms with Crippen LogP contribution in [0.4, 0.5) is 11.5 Å². The summed E-state index contributed by atoms with van der Waals surface area (Å²) in [4.78, 5) is 22.5. The fourth-order valence-electron chi connectivity index (χ4n) is 2.50. The van der Waals surface area contributed by atoms with Crippen molar-refractivity contribution in [3.63, 3.8) is 0 Å². The molecule has 22 heavy (non-hydrogen) atoms. The van der Waals surface area contributed by atoms with Gasteiger partial charge in [-0.3, -0.25) is 4.79 Å². The lowest BCUT2D eigenvalue weighted by atomic mass is 10.2. The maximum absolute atomic E-state index is 12.5. The third kappa shape index (κ3) is 3.15. The second-order valence-electron chi connectivity index (χ2n) is 5.08. The molecule has 7 heteroatoms. The summed E-state index contributed by atoms with van der Waals surface area (Å²) in [6.07, 6.45) is 0.687. The second-order valence-corrected chi connectivity index (χ2v) is 5.90. The van der Waals surface area contributed by atoms with Crippen molar-refractivity contribution in [2.75, 3.05) is 16.8 Å². The number of nitrogens with one attached hydrogen (secondary N) is 1. The molecule has 1 unspecified atom stereocenters.